The first-order valence-electron chi connectivity index (χ1n) is 7.38. The van der Waals surface area contributed by atoms with Crippen LogP contribution in [0.5, 0.6) is 0 Å². The number of hydrogen-bond donors (Lipinski definition) is 2. The maximum Gasteiger partial charge on any atom is 0.407 e. The zero-order valence-electron chi connectivity index (χ0n) is 12.0. The standard InChI is InChI=1S/C14H26N2O3/c1-3-19-14(18)15-12-6-10(8-16(2)9-12)7-13(17)11-4-5-11/h10-13,17H,3-9H2,1-2H3,(H,15,18). The van der Waals surface area contributed by atoms with Crippen molar-refractivity contribution in [3.05, 3.63) is 0 Å². The number of ether oxygens (including phenoxy) is 1. The van der Waals surface area contributed by atoms with Crippen molar-refractivity contribution in [2.75, 3.05) is 26.7 Å². The molecule has 3 atom stereocenters. The number of hydrogen-bond acceptors (Lipinski definition) is 4. The molecule has 0 spiro atoms. The quantitative estimate of drug-likeness (QED) is 0.788. The van der Waals surface area contributed by atoms with Gasteiger partial charge in [-0.3, -0.25) is 0 Å². The molecule has 5 heteroatoms. The van der Waals surface area contributed by atoms with Gasteiger partial charge >= 0.3 is 6.09 Å². The van der Waals surface area contributed by atoms with Crippen LogP contribution >= 0.6 is 0 Å². The Hall–Kier alpha value is -0.810. The molecule has 19 heavy (non-hydrogen) atoms. The second-order valence-corrected chi connectivity index (χ2v) is 6.03. The van der Waals surface area contributed by atoms with E-state index in [2.05, 4.69) is 17.3 Å². The lowest BCUT2D eigenvalue weighted by molar-refractivity contribution is 0.0810. The first-order valence-corrected chi connectivity index (χ1v) is 7.38. The second-order valence-electron chi connectivity index (χ2n) is 6.03. The highest BCUT2D eigenvalue weighted by molar-refractivity contribution is 5.67. The molecule has 1 aliphatic heterocycles. The number of carbonyl (C=O) groups is 1. The number of aliphatic hydroxyl groups excluding tert-OH is 1. The summed E-state index contributed by atoms with van der Waals surface area (Å²) < 4.78 is 4.93. The average Bonchev–Trinajstić information content (AvgIpc) is 3.11. The summed E-state index contributed by atoms with van der Waals surface area (Å²) in [5.74, 6) is 0.991. The van der Waals surface area contributed by atoms with Crippen LogP contribution in [-0.4, -0.2) is 55.0 Å². The van der Waals surface area contributed by atoms with E-state index in [0.29, 0.717) is 18.4 Å². The molecule has 0 aromatic rings. The SMILES string of the molecule is CCOC(=O)NC1CC(CC(O)C2CC2)CN(C)C1. The Kier molecular flexibility index (Phi) is 5.05. The van der Waals surface area contributed by atoms with Crippen molar-refractivity contribution in [2.45, 2.75) is 44.8 Å². The van der Waals surface area contributed by atoms with Crippen LogP contribution in [0.15, 0.2) is 0 Å². The van der Waals surface area contributed by atoms with Crippen LogP contribution in [0.2, 0.25) is 0 Å². The fraction of sp³-hybridized carbons (Fsp3) is 0.929. The van der Waals surface area contributed by atoms with Crippen LogP contribution in [0, 0.1) is 11.8 Å². The molecule has 2 fully saturated rings. The van der Waals surface area contributed by atoms with Crippen LogP contribution in [0.4, 0.5) is 4.79 Å². The minimum atomic E-state index is -0.329. The number of alkyl carbamates (subject to hydrolysis) is 1. The zero-order chi connectivity index (χ0) is 13.8. The van der Waals surface area contributed by atoms with Crippen LogP contribution < -0.4 is 5.32 Å². The Morgan fingerprint density at radius 1 is 1.47 bits per heavy atom. The molecule has 0 aromatic carbocycles. The minimum Gasteiger partial charge on any atom is -0.450 e. The third-order valence-electron chi connectivity index (χ3n) is 4.06. The van der Waals surface area contributed by atoms with Gasteiger partial charge in [-0.15, -0.1) is 0 Å². The van der Waals surface area contributed by atoms with Gasteiger partial charge in [0.05, 0.1) is 12.7 Å². The summed E-state index contributed by atoms with van der Waals surface area (Å²) in [6.07, 6.45) is 3.66. The number of rotatable bonds is 5. The lowest BCUT2D eigenvalue weighted by atomic mass is 9.88. The van der Waals surface area contributed by atoms with E-state index in [1.54, 1.807) is 6.92 Å². The van der Waals surface area contributed by atoms with Crippen LogP contribution in [0.1, 0.15) is 32.6 Å². The van der Waals surface area contributed by atoms with Gasteiger partial charge in [-0.2, -0.15) is 0 Å². The Labute approximate surface area is 115 Å². The van der Waals surface area contributed by atoms with Gasteiger partial charge in [0, 0.05) is 19.1 Å². The van der Waals surface area contributed by atoms with Crippen molar-refractivity contribution in [3.63, 3.8) is 0 Å². The van der Waals surface area contributed by atoms with Crippen molar-refractivity contribution in [3.8, 4) is 0 Å². The van der Waals surface area contributed by atoms with Crippen LogP contribution in [0.3, 0.4) is 0 Å². The molecule has 3 unspecified atom stereocenters. The Morgan fingerprint density at radius 3 is 2.84 bits per heavy atom. The third-order valence-corrected chi connectivity index (χ3v) is 4.06. The number of likely N-dealkylation sites (N-methyl/N-ethyl adjacent to an activating group) is 1. The number of nitrogens with zero attached hydrogens (tertiary/aromatic N) is 1. The molecule has 0 bridgehead atoms. The number of likely N-dealkylation sites (tertiary alicyclic amines) is 1. The minimum absolute atomic E-state index is 0.134. The Bertz CT molecular complexity index is 307. The van der Waals surface area contributed by atoms with Gasteiger partial charge in [-0.25, -0.2) is 4.79 Å². The van der Waals surface area contributed by atoms with Crippen LogP contribution in [0.25, 0.3) is 0 Å². The molecule has 2 aliphatic rings. The first-order chi connectivity index (χ1) is 9.08. The summed E-state index contributed by atoms with van der Waals surface area (Å²) in [6, 6.07) is 0.134. The predicted octanol–water partition coefficient (Wildman–Crippen LogP) is 1.21. The van der Waals surface area contributed by atoms with E-state index in [4.69, 9.17) is 4.74 Å². The highest BCUT2D eigenvalue weighted by Crippen LogP contribution is 2.36. The van der Waals surface area contributed by atoms with Crippen molar-refractivity contribution in [1.82, 2.24) is 10.2 Å². The van der Waals surface area contributed by atoms with E-state index >= 15 is 0 Å². The highest BCUT2D eigenvalue weighted by atomic mass is 16.5. The third kappa shape index (κ3) is 4.66. The summed E-state index contributed by atoms with van der Waals surface area (Å²) in [5, 5.41) is 13.0. The number of carbonyl (C=O) groups excluding carboxylic acids is 1. The van der Waals surface area contributed by atoms with Crippen molar-refractivity contribution >= 4 is 6.09 Å². The summed E-state index contributed by atoms with van der Waals surface area (Å²) >= 11 is 0. The highest BCUT2D eigenvalue weighted by Gasteiger charge is 2.34. The Morgan fingerprint density at radius 2 is 2.21 bits per heavy atom. The van der Waals surface area contributed by atoms with Crippen LogP contribution in [-0.2, 0) is 4.74 Å². The first kappa shape index (κ1) is 14.6. The molecule has 2 N–H and O–H groups in total. The maximum absolute atomic E-state index is 11.5. The van der Waals surface area contributed by atoms with Gasteiger partial charge in [0.1, 0.15) is 0 Å². The molecule has 2 rings (SSSR count). The van der Waals surface area contributed by atoms with E-state index in [0.717, 1.165) is 25.9 Å². The Balaban J connectivity index is 1.79. The van der Waals surface area contributed by atoms with Crippen molar-refractivity contribution < 1.29 is 14.6 Å². The molecule has 1 saturated heterocycles. The largest absolute Gasteiger partial charge is 0.450 e. The van der Waals surface area contributed by atoms with E-state index < -0.39 is 0 Å². The lowest BCUT2D eigenvalue weighted by Gasteiger charge is -2.36. The monoisotopic (exact) mass is 270 g/mol. The van der Waals surface area contributed by atoms with Gasteiger partial charge in [0.15, 0.2) is 0 Å². The van der Waals surface area contributed by atoms with Gasteiger partial charge in [0.2, 0.25) is 0 Å². The van der Waals surface area contributed by atoms with E-state index in [-0.39, 0.29) is 18.2 Å². The van der Waals surface area contributed by atoms with Crippen molar-refractivity contribution in [2.24, 2.45) is 11.8 Å². The van der Waals surface area contributed by atoms with E-state index in [1.807, 2.05) is 0 Å². The molecule has 110 valence electrons. The van der Waals surface area contributed by atoms with Gasteiger partial charge < -0.3 is 20.1 Å². The van der Waals surface area contributed by atoms with Gasteiger partial charge in [-0.1, -0.05) is 0 Å². The summed E-state index contributed by atoms with van der Waals surface area (Å²) in [7, 11) is 2.06. The number of amides is 1. The smallest absolute Gasteiger partial charge is 0.407 e. The zero-order valence-corrected chi connectivity index (χ0v) is 12.0. The van der Waals surface area contributed by atoms with Gasteiger partial charge in [0.25, 0.3) is 0 Å². The van der Waals surface area contributed by atoms with E-state index in [1.165, 1.54) is 12.8 Å². The predicted molar refractivity (Wildman–Crippen MR) is 72.9 cm³/mol. The summed E-state index contributed by atoms with van der Waals surface area (Å²) in [5.41, 5.74) is 0. The fourth-order valence-corrected chi connectivity index (χ4v) is 3.07. The number of piperidine rings is 1. The maximum atomic E-state index is 11.5. The summed E-state index contributed by atoms with van der Waals surface area (Å²) in [6.45, 7) is 4.07. The van der Waals surface area contributed by atoms with Crippen molar-refractivity contribution in [1.29, 1.82) is 0 Å². The second kappa shape index (κ2) is 6.57. The fourth-order valence-electron chi connectivity index (χ4n) is 3.07. The normalized spacial score (nSPS) is 29.8. The molecular weight excluding hydrogens is 244 g/mol. The molecule has 5 nitrogen and oxygen atoms in total. The van der Waals surface area contributed by atoms with Gasteiger partial charge in [-0.05, 0) is 51.5 Å². The molecule has 1 heterocycles. The topological polar surface area (TPSA) is 61.8 Å². The number of aliphatic hydroxyl groups is 1. The average molecular weight is 270 g/mol. The molecular formula is C14H26N2O3. The molecule has 1 amide bonds. The summed E-state index contributed by atoms with van der Waals surface area (Å²) in [4.78, 5) is 13.7. The molecule has 1 aliphatic carbocycles. The lowest BCUT2D eigenvalue weighted by Crippen LogP contribution is -2.50. The number of nitrogens with one attached hydrogen (secondary N) is 1. The molecule has 0 aromatic heterocycles. The van der Waals surface area contributed by atoms with E-state index in [9.17, 15) is 9.90 Å². The molecule has 1 saturated carbocycles. The molecule has 0 radical (unpaired) electrons.